The van der Waals surface area contributed by atoms with Crippen LogP contribution in [0, 0.1) is 5.92 Å². The van der Waals surface area contributed by atoms with Crippen LogP contribution < -0.4 is 19.9 Å². The zero-order valence-electron chi connectivity index (χ0n) is 17.8. The van der Waals surface area contributed by atoms with Crippen molar-refractivity contribution in [3.05, 3.63) is 76.2 Å². The topological polar surface area (TPSA) is 69.5 Å². The molecular weight excluding hydrogens is 392 g/mol. The highest BCUT2D eigenvalue weighted by Crippen LogP contribution is 2.43. The van der Waals surface area contributed by atoms with Crippen molar-refractivity contribution in [1.29, 1.82) is 0 Å². The number of anilines is 1. The highest BCUT2D eigenvalue weighted by Gasteiger charge is 2.41. The van der Waals surface area contributed by atoms with Gasteiger partial charge in [0, 0.05) is 42.9 Å². The summed E-state index contributed by atoms with van der Waals surface area (Å²) in [7, 11) is 3.15. The molecule has 4 heterocycles. The number of piperidine rings is 1. The van der Waals surface area contributed by atoms with Crippen molar-refractivity contribution in [2.24, 2.45) is 5.92 Å². The molecule has 2 aliphatic rings. The van der Waals surface area contributed by atoms with E-state index >= 15 is 0 Å². The maximum absolute atomic E-state index is 12.9. The second-order valence-corrected chi connectivity index (χ2v) is 8.27. The van der Waals surface area contributed by atoms with Crippen molar-refractivity contribution in [2.75, 3.05) is 32.2 Å². The van der Waals surface area contributed by atoms with Crippen molar-refractivity contribution in [3.63, 3.8) is 0 Å². The smallest absolute Gasteiger partial charge is 0.321 e. The summed E-state index contributed by atoms with van der Waals surface area (Å²) >= 11 is 0. The number of fused-ring (bicyclic) bond motifs is 4. The maximum atomic E-state index is 12.9. The minimum absolute atomic E-state index is 0.0898. The van der Waals surface area contributed by atoms with Crippen molar-refractivity contribution in [2.45, 2.75) is 24.8 Å². The molecule has 5 rings (SSSR count). The summed E-state index contributed by atoms with van der Waals surface area (Å²) in [5.74, 6) is 1.88. The van der Waals surface area contributed by atoms with Crippen molar-refractivity contribution in [1.82, 2.24) is 14.5 Å². The van der Waals surface area contributed by atoms with Gasteiger partial charge in [-0.2, -0.15) is 9.97 Å². The summed E-state index contributed by atoms with van der Waals surface area (Å²) < 4.78 is 12.7. The first-order chi connectivity index (χ1) is 15.2. The number of methoxy groups -OCH3 is 2. The summed E-state index contributed by atoms with van der Waals surface area (Å²) in [4.78, 5) is 24.0. The largest absolute Gasteiger partial charge is 0.481 e. The fourth-order valence-electron chi connectivity index (χ4n) is 5.10. The fourth-order valence-corrected chi connectivity index (χ4v) is 5.10. The lowest BCUT2D eigenvalue weighted by atomic mass is 9.76. The number of pyridine rings is 1. The van der Waals surface area contributed by atoms with Gasteiger partial charge in [0.15, 0.2) is 0 Å². The Hall–Kier alpha value is -3.35. The van der Waals surface area contributed by atoms with Crippen molar-refractivity contribution in [3.8, 4) is 11.9 Å². The van der Waals surface area contributed by atoms with Gasteiger partial charge in [0.25, 0.3) is 5.56 Å². The third kappa shape index (κ3) is 3.65. The molecule has 160 valence electrons. The molecule has 1 aromatic carbocycles. The average Bonchev–Trinajstić information content (AvgIpc) is 2.82. The molecule has 31 heavy (non-hydrogen) atoms. The highest BCUT2D eigenvalue weighted by molar-refractivity contribution is 5.45. The number of nitrogens with zero attached hydrogens (tertiary/aromatic N) is 4. The van der Waals surface area contributed by atoms with Crippen LogP contribution in [-0.2, 0) is 6.42 Å². The van der Waals surface area contributed by atoms with E-state index in [2.05, 4.69) is 45.2 Å². The SMILES string of the molecule is COc1cc(N2C[C@H]3C[C@@H](C2)[C@H](Cc2ccccc2)n2c3cccc2=O)nc(OC)n1. The van der Waals surface area contributed by atoms with Gasteiger partial charge in [0.1, 0.15) is 5.82 Å². The summed E-state index contributed by atoms with van der Waals surface area (Å²) in [6.07, 6.45) is 1.90. The number of ether oxygens (including phenoxy) is 2. The molecule has 7 heteroatoms. The van der Waals surface area contributed by atoms with Gasteiger partial charge >= 0.3 is 6.01 Å². The molecule has 0 amide bonds. The molecule has 0 spiro atoms. The molecule has 3 atom stereocenters. The summed E-state index contributed by atoms with van der Waals surface area (Å²) in [5.41, 5.74) is 2.45. The van der Waals surface area contributed by atoms with Gasteiger partial charge in [-0.1, -0.05) is 36.4 Å². The number of rotatable bonds is 5. The minimum Gasteiger partial charge on any atom is -0.481 e. The predicted octanol–water partition coefficient (Wildman–Crippen LogP) is 3.06. The van der Waals surface area contributed by atoms with Crippen LogP contribution in [0.2, 0.25) is 0 Å². The first-order valence-corrected chi connectivity index (χ1v) is 10.6. The molecule has 2 bridgehead atoms. The van der Waals surface area contributed by atoms with Gasteiger partial charge in [0.2, 0.25) is 5.88 Å². The molecule has 0 N–H and O–H groups in total. The summed E-state index contributed by atoms with van der Waals surface area (Å²) in [5, 5.41) is 0. The van der Waals surface area contributed by atoms with Crippen LogP contribution in [-0.4, -0.2) is 41.8 Å². The molecule has 2 aromatic heterocycles. The molecule has 0 aliphatic carbocycles. The van der Waals surface area contributed by atoms with E-state index < -0.39 is 0 Å². The van der Waals surface area contributed by atoms with E-state index in [1.54, 1.807) is 20.3 Å². The third-order valence-electron chi connectivity index (χ3n) is 6.47. The minimum atomic E-state index is 0.0898. The molecule has 3 aromatic rings. The Kier molecular flexibility index (Phi) is 5.10. The second kappa shape index (κ2) is 8.06. The molecule has 1 fully saturated rings. The lowest BCUT2D eigenvalue weighted by Gasteiger charge is -2.47. The van der Waals surface area contributed by atoms with E-state index in [-0.39, 0.29) is 17.5 Å². The highest BCUT2D eigenvalue weighted by atomic mass is 16.5. The van der Waals surface area contributed by atoms with E-state index in [4.69, 9.17) is 9.47 Å². The first kappa shape index (κ1) is 19.6. The Labute approximate surface area is 181 Å². The molecular formula is C24H26N4O3. The Bertz CT molecular complexity index is 1110. The van der Waals surface area contributed by atoms with Crippen LogP contribution in [0.15, 0.2) is 59.4 Å². The Morgan fingerprint density at radius 1 is 1.00 bits per heavy atom. The van der Waals surface area contributed by atoms with E-state index in [1.807, 2.05) is 22.8 Å². The molecule has 2 aliphatic heterocycles. The van der Waals surface area contributed by atoms with Crippen molar-refractivity contribution < 1.29 is 9.47 Å². The standard InChI is InChI=1S/C24H26N4O3/c1-30-22-13-21(25-24(26-22)31-2)27-14-17-12-18(15-27)20(11-16-7-4-3-5-8-16)28-19(17)9-6-10-23(28)29/h3-10,13,17-18,20H,11-12,14-15H2,1-2H3/t17-,18+,20+/m1/s1. The fraction of sp³-hybridized carbons (Fsp3) is 0.375. The maximum Gasteiger partial charge on any atom is 0.321 e. The van der Waals surface area contributed by atoms with Crippen LogP contribution in [0.25, 0.3) is 0 Å². The van der Waals surface area contributed by atoms with Crippen LogP contribution in [0.3, 0.4) is 0 Å². The average molecular weight is 418 g/mol. The van der Waals surface area contributed by atoms with Crippen LogP contribution in [0.5, 0.6) is 11.9 Å². The lowest BCUT2D eigenvalue weighted by molar-refractivity contribution is 0.210. The van der Waals surface area contributed by atoms with Crippen LogP contribution in [0.1, 0.15) is 29.6 Å². The normalized spacial score (nSPS) is 22.0. The second-order valence-electron chi connectivity index (χ2n) is 8.27. The van der Waals surface area contributed by atoms with Gasteiger partial charge in [0.05, 0.1) is 14.2 Å². The van der Waals surface area contributed by atoms with Crippen LogP contribution in [0.4, 0.5) is 5.82 Å². The van der Waals surface area contributed by atoms with Gasteiger partial charge in [-0.15, -0.1) is 0 Å². The predicted molar refractivity (Wildman–Crippen MR) is 118 cm³/mol. The molecule has 1 saturated heterocycles. The zero-order chi connectivity index (χ0) is 21.4. The van der Waals surface area contributed by atoms with E-state index in [0.29, 0.717) is 17.8 Å². The molecule has 0 unspecified atom stereocenters. The van der Waals surface area contributed by atoms with Gasteiger partial charge in [-0.05, 0) is 30.4 Å². The number of hydrogen-bond acceptors (Lipinski definition) is 6. The Morgan fingerprint density at radius 2 is 1.84 bits per heavy atom. The number of aromatic nitrogens is 3. The first-order valence-electron chi connectivity index (χ1n) is 10.6. The van der Waals surface area contributed by atoms with E-state index in [1.165, 1.54) is 5.56 Å². The lowest BCUT2D eigenvalue weighted by Crippen LogP contribution is -2.50. The van der Waals surface area contributed by atoms with E-state index in [9.17, 15) is 4.79 Å². The third-order valence-corrected chi connectivity index (χ3v) is 6.47. The number of hydrogen-bond donors (Lipinski definition) is 0. The monoisotopic (exact) mass is 418 g/mol. The van der Waals surface area contributed by atoms with Gasteiger partial charge in [-0.3, -0.25) is 4.79 Å². The summed E-state index contributed by atoms with van der Waals surface area (Å²) in [6, 6.07) is 18.3. The van der Waals surface area contributed by atoms with E-state index in [0.717, 1.165) is 37.4 Å². The Morgan fingerprint density at radius 3 is 2.61 bits per heavy atom. The molecule has 0 radical (unpaired) electrons. The number of benzene rings is 1. The quantitative estimate of drug-likeness (QED) is 0.634. The van der Waals surface area contributed by atoms with Crippen LogP contribution >= 0.6 is 0 Å². The zero-order valence-corrected chi connectivity index (χ0v) is 17.8. The van der Waals surface area contributed by atoms with Gasteiger partial charge in [-0.25, -0.2) is 0 Å². The summed E-state index contributed by atoms with van der Waals surface area (Å²) in [6.45, 7) is 1.61. The van der Waals surface area contributed by atoms with Crippen molar-refractivity contribution >= 4 is 5.82 Å². The van der Waals surface area contributed by atoms with Gasteiger partial charge < -0.3 is 18.9 Å². The molecule has 7 nitrogen and oxygen atoms in total. The molecule has 0 saturated carbocycles. The Balaban J connectivity index is 1.54.